The molecule has 5 rings (SSSR count). The van der Waals surface area contributed by atoms with Crippen LogP contribution in [0.3, 0.4) is 0 Å². The minimum atomic E-state index is -0.766. The molecule has 1 aliphatic heterocycles. The molecule has 0 saturated carbocycles. The lowest BCUT2D eigenvalue weighted by atomic mass is 10.0. The van der Waals surface area contributed by atoms with Crippen LogP contribution in [0.2, 0.25) is 0 Å². The molecule has 0 amide bonds. The quantitative estimate of drug-likeness (QED) is 0.486. The third-order valence-electron chi connectivity index (χ3n) is 5.89. The molecule has 168 valence electrons. The van der Waals surface area contributed by atoms with Gasteiger partial charge in [-0.2, -0.15) is 11.8 Å². The van der Waals surface area contributed by atoms with Crippen LogP contribution in [-0.2, 0) is 27.6 Å². The first-order chi connectivity index (χ1) is 15.7. The van der Waals surface area contributed by atoms with Gasteiger partial charge in [0.15, 0.2) is 0 Å². The topological polar surface area (TPSA) is 46.9 Å². The second-order valence-corrected chi connectivity index (χ2v) is 9.73. The number of hydrogen-bond donors (Lipinski definition) is 1. The Kier molecular flexibility index (Phi) is 6.40. The van der Waals surface area contributed by atoms with Gasteiger partial charge in [0.25, 0.3) is 0 Å². The Hall–Kier alpha value is -2.09. The van der Waals surface area contributed by atoms with Gasteiger partial charge < -0.3 is 24.1 Å². The van der Waals surface area contributed by atoms with Crippen molar-refractivity contribution in [1.82, 2.24) is 10.2 Å². The largest absolute Gasteiger partial charge is 0.464 e. The smallest absolute Gasteiger partial charge is 0.224 e. The second-order valence-electron chi connectivity index (χ2n) is 8.62. The highest BCUT2D eigenvalue weighted by molar-refractivity contribution is 7.98. The standard InChI is InChI=1S/C26H30N2O3S/c1-28(2)16-19-11-12-20(30-19)18-32-14-13-27-15-21-17-29-26(31-21)24-9-5-3-7-22(24)23-8-4-6-10-25(23)26/h3-12,21,27H,13-18H2,1-2H3. The SMILES string of the molecule is CN(C)Cc1ccc(CSCCNCC2COC3(O2)c2ccccc2-c2ccccc23)o1. The number of rotatable bonds is 9. The number of benzene rings is 2. The van der Waals surface area contributed by atoms with Crippen molar-refractivity contribution in [3.63, 3.8) is 0 Å². The minimum absolute atomic E-state index is 0.0258. The van der Waals surface area contributed by atoms with Gasteiger partial charge in [-0.05, 0) is 37.4 Å². The lowest BCUT2D eigenvalue weighted by Crippen LogP contribution is -2.32. The van der Waals surface area contributed by atoms with Gasteiger partial charge in [0.05, 0.1) is 25.0 Å². The summed E-state index contributed by atoms with van der Waals surface area (Å²) in [7, 11) is 4.10. The lowest BCUT2D eigenvalue weighted by Gasteiger charge is -2.25. The van der Waals surface area contributed by atoms with Gasteiger partial charge in [0.1, 0.15) is 11.5 Å². The molecule has 1 aromatic heterocycles. The van der Waals surface area contributed by atoms with Crippen LogP contribution in [0.25, 0.3) is 11.1 Å². The summed E-state index contributed by atoms with van der Waals surface area (Å²) in [6, 6.07) is 21.0. The second kappa shape index (κ2) is 9.41. The Morgan fingerprint density at radius 3 is 2.38 bits per heavy atom. The van der Waals surface area contributed by atoms with E-state index < -0.39 is 5.79 Å². The Balaban J connectivity index is 1.10. The van der Waals surface area contributed by atoms with Gasteiger partial charge in [0.2, 0.25) is 5.79 Å². The Bertz CT molecular complexity index is 1020. The Morgan fingerprint density at radius 2 is 1.66 bits per heavy atom. The Morgan fingerprint density at radius 1 is 0.969 bits per heavy atom. The third-order valence-corrected chi connectivity index (χ3v) is 6.87. The molecule has 0 bridgehead atoms. The van der Waals surface area contributed by atoms with Crippen LogP contribution in [0, 0.1) is 0 Å². The monoisotopic (exact) mass is 450 g/mol. The predicted molar refractivity (Wildman–Crippen MR) is 129 cm³/mol. The summed E-state index contributed by atoms with van der Waals surface area (Å²) < 4.78 is 18.8. The van der Waals surface area contributed by atoms with Crippen molar-refractivity contribution in [3.05, 3.63) is 83.3 Å². The van der Waals surface area contributed by atoms with E-state index in [9.17, 15) is 0 Å². The molecule has 1 atom stereocenters. The highest BCUT2D eigenvalue weighted by Crippen LogP contribution is 2.52. The molecule has 1 N–H and O–H groups in total. The fourth-order valence-corrected chi connectivity index (χ4v) is 5.32. The van der Waals surface area contributed by atoms with Gasteiger partial charge in [0, 0.05) is 30.0 Å². The van der Waals surface area contributed by atoms with Crippen molar-refractivity contribution in [2.45, 2.75) is 24.2 Å². The molecule has 2 aliphatic rings. The van der Waals surface area contributed by atoms with Crippen LogP contribution in [0.1, 0.15) is 22.6 Å². The molecule has 5 nitrogen and oxygen atoms in total. The molecular weight excluding hydrogens is 420 g/mol. The van der Waals surface area contributed by atoms with E-state index in [4.69, 9.17) is 13.9 Å². The molecule has 0 radical (unpaired) electrons. The third kappa shape index (κ3) is 4.26. The molecule has 1 unspecified atom stereocenters. The minimum Gasteiger partial charge on any atom is -0.464 e. The first-order valence-electron chi connectivity index (χ1n) is 11.2. The fourth-order valence-electron chi connectivity index (χ4n) is 4.53. The molecule has 6 heteroatoms. The summed E-state index contributed by atoms with van der Waals surface area (Å²) >= 11 is 1.88. The molecule has 2 aromatic carbocycles. The van der Waals surface area contributed by atoms with Crippen LogP contribution in [0.5, 0.6) is 0 Å². The van der Waals surface area contributed by atoms with E-state index in [0.29, 0.717) is 6.61 Å². The van der Waals surface area contributed by atoms with E-state index in [-0.39, 0.29) is 6.10 Å². The number of furan rings is 1. The van der Waals surface area contributed by atoms with E-state index >= 15 is 0 Å². The van der Waals surface area contributed by atoms with Crippen molar-refractivity contribution in [1.29, 1.82) is 0 Å². The zero-order valence-corrected chi connectivity index (χ0v) is 19.5. The first-order valence-corrected chi connectivity index (χ1v) is 12.3. The number of nitrogens with one attached hydrogen (secondary N) is 1. The average molecular weight is 451 g/mol. The van der Waals surface area contributed by atoms with Crippen molar-refractivity contribution in [2.75, 3.05) is 39.5 Å². The molecule has 1 fully saturated rings. The Labute approximate surface area is 194 Å². The molecule has 1 spiro atoms. The van der Waals surface area contributed by atoms with Gasteiger partial charge in [-0.3, -0.25) is 0 Å². The van der Waals surface area contributed by atoms with Gasteiger partial charge >= 0.3 is 0 Å². The van der Waals surface area contributed by atoms with Crippen LogP contribution in [0.15, 0.2) is 65.1 Å². The predicted octanol–water partition coefficient (Wildman–Crippen LogP) is 4.46. The van der Waals surface area contributed by atoms with Crippen molar-refractivity contribution >= 4 is 11.8 Å². The van der Waals surface area contributed by atoms with E-state index in [1.165, 1.54) is 11.1 Å². The van der Waals surface area contributed by atoms with Gasteiger partial charge in [-0.1, -0.05) is 48.5 Å². The van der Waals surface area contributed by atoms with E-state index in [1.807, 2.05) is 25.9 Å². The molecule has 1 saturated heterocycles. The lowest BCUT2D eigenvalue weighted by molar-refractivity contribution is -0.138. The number of hydrogen-bond acceptors (Lipinski definition) is 6. The highest BCUT2D eigenvalue weighted by atomic mass is 32.2. The number of ether oxygens (including phenoxy) is 2. The van der Waals surface area contributed by atoms with Crippen molar-refractivity contribution < 1.29 is 13.9 Å². The first kappa shape index (κ1) is 21.7. The number of nitrogens with zero attached hydrogens (tertiary/aromatic N) is 1. The summed E-state index contributed by atoms with van der Waals surface area (Å²) in [6.45, 7) is 3.13. The van der Waals surface area contributed by atoms with Crippen LogP contribution >= 0.6 is 11.8 Å². The molecule has 1 aliphatic carbocycles. The average Bonchev–Trinajstić information content (AvgIpc) is 3.49. The summed E-state index contributed by atoms with van der Waals surface area (Å²) in [4.78, 5) is 2.11. The van der Waals surface area contributed by atoms with Crippen LogP contribution in [-0.4, -0.2) is 50.5 Å². The summed E-state index contributed by atoms with van der Waals surface area (Å²) in [6.07, 6.45) is 0.0258. The van der Waals surface area contributed by atoms with Gasteiger partial charge in [-0.15, -0.1) is 0 Å². The number of fused-ring (bicyclic) bond motifs is 5. The zero-order valence-electron chi connectivity index (χ0n) is 18.7. The van der Waals surface area contributed by atoms with Crippen LogP contribution < -0.4 is 5.32 Å². The summed E-state index contributed by atoms with van der Waals surface area (Å²) in [5, 5.41) is 3.54. The van der Waals surface area contributed by atoms with E-state index in [1.54, 1.807) is 0 Å². The maximum atomic E-state index is 6.56. The zero-order chi connectivity index (χ0) is 22.0. The van der Waals surface area contributed by atoms with Crippen molar-refractivity contribution in [2.24, 2.45) is 0 Å². The van der Waals surface area contributed by atoms with E-state index in [2.05, 4.69) is 70.9 Å². The summed E-state index contributed by atoms with van der Waals surface area (Å²) in [5.74, 6) is 3.21. The van der Waals surface area contributed by atoms with Gasteiger partial charge in [-0.25, -0.2) is 0 Å². The molecule has 3 aromatic rings. The fraction of sp³-hybridized carbons (Fsp3) is 0.385. The molecule has 2 heterocycles. The maximum Gasteiger partial charge on any atom is 0.224 e. The van der Waals surface area contributed by atoms with Crippen LogP contribution in [0.4, 0.5) is 0 Å². The number of thioether (sulfide) groups is 1. The highest BCUT2D eigenvalue weighted by Gasteiger charge is 2.50. The van der Waals surface area contributed by atoms with E-state index in [0.717, 1.165) is 53.8 Å². The molecule has 32 heavy (non-hydrogen) atoms. The molecular formula is C26H30N2O3S. The maximum absolute atomic E-state index is 6.56. The summed E-state index contributed by atoms with van der Waals surface area (Å²) in [5.41, 5.74) is 4.65. The normalized spacial score (nSPS) is 18.4. The van der Waals surface area contributed by atoms with Crippen molar-refractivity contribution in [3.8, 4) is 11.1 Å².